The molecule has 1 unspecified atom stereocenters. The van der Waals surface area contributed by atoms with Gasteiger partial charge in [-0.2, -0.15) is 0 Å². The normalized spacial score (nSPS) is 26.4. The summed E-state index contributed by atoms with van der Waals surface area (Å²) in [7, 11) is 0. The van der Waals surface area contributed by atoms with Gasteiger partial charge in [0.15, 0.2) is 0 Å². The number of nitrogens with one attached hydrogen (secondary N) is 1. The second-order valence-corrected chi connectivity index (χ2v) is 6.83. The first-order chi connectivity index (χ1) is 8.65. The van der Waals surface area contributed by atoms with E-state index < -0.39 is 0 Å². The van der Waals surface area contributed by atoms with Crippen LogP contribution >= 0.6 is 0 Å². The Labute approximate surface area is 111 Å². The van der Waals surface area contributed by atoms with Gasteiger partial charge >= 0.3 is 0 Å². The Morgan fingerprint density at radius 3 is 2.39 bits per heavy atom. The molecule has 0 bridgehead atoms. The van der Waals surface area contributed by atoms with Gasteiger partial charge in [0.2, 0.25) is 0 Å². The molecule has 0 aromatic heterocycles. The van der Waals surface area contributed by atoms with Gasteiger partial charge in [0.25, 0.3) is 0 Å². The Bertz CT molecular complexity index is 400. The third-order valence-corrected chi connectivity index (χ3v) is 4.84. The molecule has 3 rings (SSSR count). The van der Waals surface area contributed by atoms with Gasteiger partial charge in [-0.1, -0.05) is 44.5 Å². The Morgan fingerprint density at radius 2 is 1.83 bits per heavy atom. The van der Waals surface area contributed by atoms with E-state index >= 15 is 0 Å². The zero-order valence-electron chi connectivity index (χ0n) is 11.7. The fourth-order valence-electron chi connectivity index (χ4n) is 3.27. The highest BCUT2D eigenvalue weighted by Crippen LogP contribution is 2.40. The molecule has 1 atom stereocenters. The van der Waals surface area contributed by atoms with E-state index in [0.717, 1.165) is 12.5 Å². The molecule has 0 aliphatic heterocycles. The van der Waals surface area contributed by atoms with Crippen LogP contribution in [0.25, 0.3) is 0 Å². The fraction of sp³-hybridized carbons (Fsp3) is 0.647. The molecule has 1 N–H and O–H groups in total. The second-order valence-electron chi connectivity index (χ2n) is 6.83. The van der Waals surface area contributed by atoms with Gasteiger partial charge in [-0.25, -0.2) is 0 Å². The predicted molar refractivity (Wildman–Crippen MR) is 76.7 cm³/mol. The summed E-state index contributed by atoms with van der Waals surface area (Å²) in [5, 5.41) is 3.75. The van der Waals surface area contributed by atoms with Gasteiger partial charge in [-0.3, -0.25) is 0 Å². The molecule has 2 saturated carbocycles. The van der Waals surface area contributed by atoms with Crippen LogP contribution in [0.15, 0.2) is 24.3 Å². The Hall–Kier alpha value is -0.820. The number of hydrogen-bond donors (Lipinski definition) is 1. The highest BCUT2D eigenvalue weighted by Gasteiger charge is 2.33. The molecule has 2 aliphatic carbocycles. The molecular formula is C17H25N. The van der Waals surface area contributed by atoms with Crippen LogP contribution in [0.2, 0.25) is 0 Å². The SMILES string of the molecule is CC1(C)CCCC1NCc1ccc(C2CC2)cc1. The largest absolute Gasteiger partial charge is 0.309 e. The smallest absolute Gasteiger partial charge is 0.0208 e. The van der Waals surface area contributed by atoms with E-state index in [2.05, 4.69) is 43.4 Å². The lowest BCUT2D eigenvalue weighted by Crippen LogP contribution is -2.37. The van der Waals surface area contributed by atoms with Crippen LogP contribution in [0.4, 0.5) is 0 Å². The predicted octanol–water partition coefficient (Wildman–Crippen LogP) is 4.23. The summed E-state index contributed by atoms with van der Waals surface area (Å²) in [5.74, 6) is 0.876. The van der Waals surface area contributed by atoms with E-state index in [1.165, 1.54) is 37.7 Å². The fourth-order valence-corrected chi connectivity index (χ4v) is 3.27. The molecule has 1 heteroatoms. The van der Waals surface area contributed by atoms with Crippen LogP contribution in [0, 0.1) is 5.41 Å². The van der Waals surface area contributed by atoms with E-state index in [9.17, 15) is 0 Å². The quantitative estimate of drug-likeness (QED) is 0.834. The van der Waals surface area contributed by atoms with Gasteiger partial charge in [0.1, 0.15) is 0 Å². The lowest BCUT2D eigenvalue weighted by Gasteiger charge is -2.28. The minimum Gasteiger partial charge on any atom is -0.309 e. The molecule has 1 aromatic carbocycles. The van der Waals surface area contributed by atoms with Crippen molar-refractivity contribution in [3.63, 3.8) is 0 Å². The van der Waals surface area contributed by atoms with Crippen molar-refractivity contribution in [3.8, 4) is 0 Å². The zero-order valence-corrected chi connectivity index (χ0v) is 11.7. The maximum atomic E-state index is 3.75. The lowest BCUT2D eigenvalue weighted by atomic mass is 9.87. The van der Waals surface area contributed by atoms with Crippen LogP contribution in [-0.2, 0) is 6.54 Å². The number of benzene rings is 1. The maximum Gasteiger partial charge on any atom is 0.0208 e. The van der Waals surface area contributed by atoms with Crippen molar-refractivity contribution in [2.45, 2.75) is 64.5 Å². The first kappa shape index (κ1) is 12.2. The van der Waals surface area contributed by atoms with E-state index in [1.807, 2.05) is 0 Å². The monoisotopic (exact) mass is 243 g/mol. The summed E-state index contributed by atoms with van der Waals surface area (Å²) in [5.41, 5.74) is 3.45. The van der Waals surface area contributed by atoms with E-state index in [0.29, 0.717) is 11.5 Å². The molecule has 18 heavy (non-hydrogen) atoms. The highest BCUT2D eigenvalue weighted by atomic mass is 14.9. The average Bonchev–Trinajstić information content (AvgIpc) is 3.13. The van der Waals surface area contributed by atoms with Crippen LogP contribution in [-0.4, -0.2) is 6.04 Å². The molecule has 0 spiro atoms. The van der Waals surface area contributed by atoms with Crippen molar-refractivity contribution in [3.05, 3.63) is 35.4 Å². The zero-order chi connectivity index (χ0) is 12.6. The van der Waals surface area contributed by atoms with Gasteiger partial charge in [0.05, 0.1) is 0 Å². The van der Waals surface area contributed by atoms with Gasteiger partial charge < -0.3 is 5.32 Å². The summed E-state index contributed by atoms with van der Waals surface area (Å²) in [6, 6.07) is 9.97. The van der Waals surface area contributed by atoms with Gasteiger partial charge in [-0.15, -0.1) is 0 Å². The molecule has 2 fully saturated rings. The molecule has 0 radical (unpaired) electrons. The third kappa shape index (κ3) is 2.61. The van der Waals surface area contributed by atoms with Crippen molar-refractivity contribution in [2.75, 3.05) is 0 Å². The topological polar surface area (TPSA) is 12.0 Å². The van der Waals surface area contributed by atoms with Crippen molar-refractivity contribution in [1.29, 1.82) is 0 Å². The molecular weight excluding hydrogens is 218 g/mol. The molecule has 0 heterocycles. The molecule has 0 amide bonds. The van der Waals surface area contributed by atoms with Crippen molar-refractivity contribution >= 4 is 0 Å². The van der Waals surface area contributed by atoms with Crippen LogP contribution in [0.3, 0.4) is 0 Å². The van der Waals surface area contributed by atoms with Crippen LogP contribution in [0.1, 0.15) is 63.0 Å². The lowest BCUT2D eigenvalue weighted by molar-refractivity contribution is 0.282. The summed E-state index contributed by atoms with van der Waals surface area (Å²) in [6.45, 7) is 5.82. The van der Waals surface area contributed by atoms with Crippen molar-refractivity contribution in [1.82, 2.24) is 5.32 Å². The average molecular weight is 243 g/mol. The molecule has 1 aromatic rings. The van der Waals surface area contributed by atoms with Crippen LogP contribution < -0.4 is 5.32 Å². The summed E-state index contributed by atoms with van der Waals surface area (Å²) in [6.07, 6.45) is 6.88. The Balaban J connectivity index is 1.56. The Morgan fingerprint density at radius 1 is 1.11 bits per heavy atom. The Kier molecular flexibility index (Phi) is 3.19. The van der Waals surface area contributed by atoms with Gasteiger partial charge in [-0.05, 0) is 48.1 Å². The first-order valence-corrected chi connectivity index (χ1v) is 7.47. The van der Waals surface area contributed by atoms with E-state index in [4.69, 9.17) is 0 Å². The first-order valence-electron chi connectivity index (χ1n) is 7.47. The van der Waals surface area contributed by atoms with Crippen LogP contribution in [0.5, 0.6) is 0 Å². The standard InChI is InChI=1S/C17H25N/c1-17(2)11-3-4-16(17)18-12-13-5-7-14(8-6-13)15-9-10-15/h5-8,15-16,18H,3-4,9-12H2,1-2H3. The summed E-state index contributed by atoms with van der Waals surface area (Å²) < 4.78 is 0. The maximum absolute atomic E-state index is 3.75. The molecule has 0 saturated heterocycles. The molecule has 98 valence electrons. The highest BCUT2D eigenvalue weighted by molar-refractivity contribution is 5.28. The minimum atomic E-state index is 0.480. The minimum absolute atomic E-state index is 0.480. The van der Waals surface area contributed by atoms with Crippen molar-refractivity contribution in [2.24, 2.45) is 5.41 Å². The van der Waals surface area contributed by atoms with E-state index in [1.54, 1.807) is 5.56 Å². The third-order valence-electron chi connectivity index (χ3n) is 4.84. The van der Waals surface area contributed by atoms with Gasteiger partial charge in [0, 0.05) is 12.6 Å². The summed E-state index contributed by atoms with van der Waals surface area (Å²) in [4.78, 5) is 0. The number of hydrogen-bond acceptors (Lipinski definition) is 1. The second kappa shape index (κ2) is 4.70. The molecule has 2 aliphatic rings. The summed E-state index contributed by atoms with van der Waals surface area (Å²) >= 11 is 0. The molecule has 1 nitrogen and oxygen atoms in total. The van der Waals surface area contributed by atoms with Crippen molar-refractivity contribution < 1.29 is 0 Å². The van der Waals surface area contributed by atoms with E-state index in [-0.39, 0.29) is 0 Å². The number of rotatable bonds is 4.